The van der Waals surface area contributed by atoms with Gasteiger partial charge in [-0.2, -0.15) is 0 Å². The molecule has 1 aliphatic heterocycles. The number of hydrogen-bond donors (Lipinski definition) is 3. The van der Waals surface area contributed by atoms with Gasteiger partial charge in [0.1, 0.15) is 0 Å². The average Bonchev–Trinajstić information content (AvgIpc) is 2.33. The number of rotatable bonds is 3. The molecule has 0 atom stereocenters. The number of para-hydroxylation sites is 1. The number of carbonyl (C=O) groups is 1. The van der Waals surface area contributed by atoms with Gasteiger partial charge in [0, 0.05) is 13.1 Å². The summed E-state index contributed by atoms with van der Waals surface area (Å²) < 4.78 is 5.24. The van der Waals surface area contributed by atoms with E-state index in [-0.39, 0.29) is 0 Å². The topological polar surface area (TPSA) is 93.6 Å². The van der Waals surface area contributed by atoms with Crippen molar-refractivity contribution < 1.29 is 9.53 Å². The number of primary amides is 1. The molecule has 1 aromatic rings. The van der Waals surface area contributed by atoms with Crippen molar-refractivity contribution in [3.63, 3.8) is 0 Å². The minimum absolute atomic E-state index is 0.400. The number of hydrogen-bond acceptors (Lipinski definition) is 5. The largest absolute Gasteiger partial charge is 0.397 e. The highest BCUT2D eigenvalue weighted by atomic mass is 16.5. The van der Waals surface area contributed by atoms with Crippen LogP contribution in [0.25, 0.3) is 0 Å². The first kappa shape index (κ1) is 11.7. The first-order chi connectivity index (χ1) is 8.18. The number of nitrogens with two attached hydrogens (primary N) is 2. The van der Waals surface area contributed by atoms with E-state index < -0.39 is 5.91 Å². The highest BCUT2D eigenvalue weighted by Gasteiger charge is 2.15. The van der Waals surface area contributed by atoms with E-state index in [1.165, 1.54) is 0 Å². The Bertz CT molecular complexity index is 416. The lowest BCUT2D eigenvalue weighted by molar-refractivity contribution is 0.0497. The Morgan fingerprint density at radius 2 is 2.06 bits per heavy atom. The van der Waals surface area contributed by atoms with Crippen molar-refractivity contribution >= 4 is 17.3 Å². The summed E-state index contributed by atoms with van der Waals surface area (Å²) in [4.78, 5) is 11.3. The molecule has 0 radical (unpaired) electrons. The molecule has 0 unspecified atom stereocenters. The monoisotopic (exact) mass is 236 g/mol. The van der Waals surface area contributed by atoms with Crippen LogP contribution in [0.2, 0.25) is 0 Å². The lowest BCUT2D eigenvalue weighted by atomic mass is 10.1. The van der Waals surface area contributed by atoms with Crippen molar-refractivity contribution in [2.75, 3.05) is 37.5 Å². The lowest BCUT2D eigenvalue weighted by Gasteiger charge is -2.29. The Morgan fingerprint density at radius 3 is 2.71 bits per heavy atom. The molecule has 0 aliphatic carbocycles. The number of morpholine rings is 1. The number of benzene rings is 1. The second-order valence-electron chi connectivity index (χ2n) is 3.85. The lowest BCUT2D eigenvalue weighted by Crippen LogP contribution is -2.40. The molecule has 0 bridgehead atoms. The molecule has 1 saturated heterocycles. The molecule has 6 nitrogen and oxygen atoms in total. The van der Waals surface area contributed by atoms with Crippen LogP contribution in [0, 0.1) is 0 Å². The molecule has 2 rings (SSSR count). The van der Waals surface area contributed by atoms with Crippen LogP contribution in [0.5, 0.6) is 0 Å². The molecule has 1 aliphatic rings. The molecule has 6 heteroatoms. The fraction of sp³-hybridized carbons (Fsp3) is 0.364. The molecule has 1 amide bonds. The van der Waals surface area contributed by atoms with Crippen molar-refractivity contribution in [2.24, 2.45) is 5.73 Å². The number of nitrogens with one attached hydrogen (secondary N) is 1. The van der Waals surface area contributed by atoms with Crippen molar-refractivity contribution in [3.8, 4) is 0 Å². The Morgan fingerprint density at radius 1 is 1.35 bits per heavy atom. The van der Waals surface area contributed by atoms with Crippen LogP contribution in [-0.2, 0) is 4.74 Å². The fourth-order valence-electron chi connectivity index (χ4n) is 1.73. The van der Waals surface area contributed by atoms with Crippen LogP contribution in [-0.4, -0.2) is 37.2 Å². The van der Waals surface area contributed by atoms with Gasteiger partial charge in [0.15, 0.2) is 0 Å². The summed E-state index contributed by atoms with van der Waals surface area (Å²) in [7, 11) is 0. The summed E-state index contributed by atoms with van der Waals surface area (Å²) in [5.74, 6) is -0.493. The van der Waals surface area contributed by atoms with Crippen LogP contribution in [0.1, 0.15) is 10.4 Å². The number of nitrogens with zero attached hydrogens (tertiary/aromatic N) is 1. The summed E-state index contributed by atoms with van der Waals surface area (Å²) in [6, 6.07) is 5.09. The van der Waals surface area contributed by atoms with Gasteiger partial charge in [-0.15, -0.1) is 0 Å². The van der Waals surface area contributed by atoms with Gasteiger partial charge in [0.05, 0.1) is 30.2 Å². The van der Waals surface area contributed by atoms with Crippen LogP contribution in [0.3, 0.4) is 0 Å². The molecule has 0 aromatic heterocycles. The summed E-state index contributed by atoms with van der Waals surface area (Å²) in [6.07, 6.45) is 0. The summed E-state index contributed by atoms with van der Waals surface area (Å²) in [5, 5.41) is 1.96. The third-order valence-corrected chi connectivity index (χ3v) is 2.64. The SMILES string of the molecule is NC(=O)c1cccc(N)c1NN1CCOCC1. The van der Waals surface area contributed by atoms with Gasteiger partial charge >= 0.3 is 0 Å². The predicted octanol–water partition coefficient (Wildman–Crippen LogP) is 0.0268. The molecule has 1 fully saturated rings. The number of carbonyl (C=O) groups excluding carboxylic acids is 1. The van der Waals surface area contributed by atoms with Crippen LogP contribution >= 0.6 is 0 Å². The molecular formula is C11H16N4O2. The Balaban J connectivity index is 2.21. The van der Waals surface area contributed by atoms with Gasteiger partial charge in [-0.3, -0.25) is 4.79 Å². The van der Waals surface area contributed by atoms with Gasteiger partial charge in [0.25, 0.3) is 5.91 Å². The van der Waals surface area contributed by atoms with Crippen LogP contribution in [0.4, 0.5) is 11.4 Å². The molecule has 1 heterocycles. The minimum Gasteiger partial charge on any atom is -0.397 e. The van der Waals surface area contributed by atoms with Gasteiger partial charge in [-0.05, 0) is 12.1 Å². The van der Waals surface area contributed by atoms with Gasteiger partial charge in [-0.25, -0.2) is 5.01 Å². The highest BCUT2D eigenvalue weighted by molar-refractivity contribution is 6.01. The van der Waals surface area contributed by atoms with Crippen molar-refractivity contribution in [1.82, 2.24) is 5.01 Å². The molecule has 92 valence electrons. The number of nitrogen functional groups attached to an aromatic ring is 1. The maximum Gasteiger partial charge on any atom is 0.250 e. The maximum absolute atomic E-state index is 11.3. The molecule has 0 spiro atoms. The standard InChI is InChI=1S/C11H16N4O2/c12-9-3-1-2-8(11(13)16)10(9)14-15-4-6-17-7-5-15/h1-3,14H,4-7,12H2,(H2,13,16). The van der Waals surface area contributed by atoms with E-state index in [1.807, 2.05) is 5.01 Å². The third-order valence-electron chi connectivity index (χ3n) is 2.64. The Hall–Kier alpha value is -1.79. The zero-order valence-corrected chi connectivity index (χ0v) is 9.48. The molecule has 1 aromatic carbocycles. The molecular weight excluding hydrogens is 220 g/mol. The summed E-state index contributed by atoms with van der Waals surface area (Å²) in [6.45, 7) is 2.80. The van der Waals surface area contributed by atoms with E-state index in [0.717, 1.165) is 13.1 Å². The number of ether oxygens (including phenoxy) is 1. The van der Waals surface area contributed by atoms with Gasteiger partial charge in [-0.1, -0.05) is 6.07 Å². The molecule has 5 N–H and O–H groups in total. The highest BCUT2D eigenvalue weighted by Crippen LogP contribution is 2.23. The molecule has 17 heavy (non-hydrogen) atoms. The zero-order valence-electron chi connectivity index (χ0n) is 9.48. The van der Waals surface area contributed by atoms with Gasteiger partial charge in [0.2, 0.25) is 0 Å². The van der Waals surface area contributed by atoms with E-state index in [9.17, 15) is 4.79 Å². The third kappa shape index (κ3) is 2.66. The second-order valence-corrected chi connectivity index (χ2v) is 3.85. The summed E-state index contributed by atoms with van der Waals surface area (Å²) in [5.41, 5.74) is 15.8. The Labute approximate surface area is 99.5 Å². The first-order valence-electron chi connectivity index (χ1n) is 5.46. The predicted molar refractivity (Wildman–Crippen MR) is 65.4 cm³/mol. The number of amides is 1. The number of anilines is 2. The number of hydrazine groups is 1. The molecule has 0 saturated carbocycles. The minimum atomic E-state index is -0.493. The first-order valence-corrected chi connectivity index (χ1v) is 5.46. The smallest absolute Gasteiger partial charge is 0.250 e. The quantitative estimate of drug-likeness (QED) is 0.644. The van der Waals surface area contributed by atoms with Crippen LogP contribution in [0.15, 0.2) is 18.2 Å². The maximum atomic E-state index is 11.3. The summed E-state index contributed by atoms with van der Waals surface area (Å²) >= 11 is 0. The van der Waals surface area contributed by atoms with E-state index >= 15 is 0 Å². The average molecular weight is 236 g/mol. The van der Waals surface area contributed by atoms with E-state index in [0.29, 0.717) is 30.2 Å². The fourth-order valence-corrected chi connectivity index (χ4v) is 1.73. The second kappa shape index (κ2) is 5.03. The normalized spacial score (nSPS) is 16.7. The van der Waals surface area contributed by atoms with Crippen LogP contribution < -0.4 is 16.9 Å². The van der Waals surface area contributed by atoms with Crippen molar-refractivity contribution in [2.45, 2.75) is 0 Å². The van der Waals surface area contributed by atoms with E-state index in [4.69, 9.17) is 16.2 Å². The Kier molecular flexibility index (Phi) is 3.46. The van der Waals surface area contributed by atoms with Crippen molar-refractivity contribution in [3.05, 3.63) is 23.8 Å². The van der Waals surface area contributed by atoms with E-state index in [2.05, 4.69) is 5.43 Å². The zero-order chi connectivity index (χ0) is 12.3. The van der Waals surface area contributed by atoms with Crippen molar-refractivity contribution in [1.29, 1.82) is 0 Å². The van der Waals surface area contributed by atoms with Gasteiger partial charge < -0.3 is 21.6 Å². The van der Waals surface area contributed by atoms with E-state index in [1.54, 1.807) is 18.2 Å².